The summed E-state index contributed by atoms with van der Waals surface area (Å²) in [7, 11) is 0. The molecule has 2 aromatic rings. The Morgan fingerprint density at radius 3 is 2.74 bits per heavy atom. The van der Waals surface area contributed by atoms with Gasteiger partial charge in [-0.2, -0.15) is 0 Å². The lowest BCUT2D eigenvalue weighted by atomic mass is 10.3. The minimum absolute atomic E-state index is 0.121. The van der Waals surface area contributed by atoms with Crippen LogP contribution >= 0.6 is 23.2 Å². The van der Waals surface area contributed by atoms with Crippen LogP contribution in [0.25, 0.3) is 0 Å². The van der Waals surface area contributed by atoms with Crippen molar-refractivity contribution in [2.24, 2.45) is 0 Å². The zero-order chi connectivity index (χ0) is 16.7. The molecule has 0 saturated heterocycles. The molecule has 122 valence electrons. The van der Waals surface area contributed by atoms with E-state index in [9.17, 15) is 4.79 Å². The number of hydrogen-bond acceptors (Lipinski definition) is 3. The Balaban J connectivity index is 1.89. The lowest BCUT2D eigenvalue weighted by Gasteiger charge is -2.10. The molecule has 0 aliphatic rings. The average molecular weight is 353 g/mol. The van der Waals surface area contributed by atoms with E-state index in [1.807, 2.05) is 31.2 Å². The maximum Gasteiger partial charge on any atom is 0.243 e. The highest BCUT2D eigenvalue weighted by Gasteiger charge is 2.06. The Hall–Kier alpha value is -1.91. The molecule has 1 amide bonds. The van der Waals surface area contributed by atoms with E-state index in [1.165, 1.54) is 0 Å². The van der Waals surface area contributed by atoms with Crippen molar-refractivity contribution in [2.45, 2.75) is 13.3 Å². The van der Waals surface area contributed by atoms with E-state index >= 15 is 0 Å². The van der Waals surface area contributed by atoms with Gasteiger partial charge in [0.2, 0.25) is 5.91 Å². The lowest BCUT2D eigenvalue weighted by Crippen LogP contribution is -2.21. The van der Waals surface area contributed by atoms with E-state index in [0.29, 0.717) is 22.3 Å². The van der Waals surface area contributed by atoms with Gasteiger partial charge in [-0.1, -0.05) is 36.2 Å². The fourth-order valence-corrected chi connectivity index (χ4v) is 2.34. The number of ether oxygens (including phenoxy) is 1. The number of benzene rings is 2. The number of hydrogen-bond donors (Lipinski definition) is 2. The summed E-state index contributed by atoms with van der Waals surface area (Å²) >= 11 is 11.8. The van der Waals surface area contributed by atoms with Crippen LogP contribution in [0.1, 0.15) is 13.3 Å². The van der Waals surface area contributed by atoms with Gasteiger partial charge in [0.05, 0.1) is 23.9 Å². The van der Waals surface area contributed by atoms with Gasteiger partial charge in [-0.3, -0.25) is 4.79 Å². The molecule has 0 fully saturated rings. The van der Waals surface area contributed by atoms with Gasteiger partial charge >= 0.3 is 0 Å². The van der Waals surface area contributed by atoms with Crippen molar-refractivity contribution in [2.75, 3.05) is 23.8 Å². The number of anilines is 2. The smallest absolute Gasteiger partial charge is 0.243 e. The van der Waals surface area contributed by atoms with Gasteiger partial charge in [0, 0.05) is 16.8 Å². The quantitative estimate of drug-likeness (QED) is 0.749. The zero-order valence-electron chi connectivity index (χ0n) is 12.7. The predicted octanol–water partition coefficient (Wildman–Crippen LogP) is 4.83. The third kappa shape index (κ3) is 5.66. The SMILES string of the molecule is CCCOc1cccc(NCC(=O)Nc2ccc(Cl)cc2Cl)c1. The van der Waals surface area contributed by atoms with E-state index in [2.05, 4.69) is 10.6 Å². The van der Waals surface area contributed by atoms with Crippen molar-refractivity contribution in [3.8, 4) is 5.75 Å². The van der Waals surface area contributed by atoms with Gasteiger partial charge < -0.3 is 15.4 Å². The highest BCUT2D eigenvalue weighted by atomic mass is 35.5. The Morgan fingerprint density at radius 2 is 2.00 bits per heavy atom. The predicted molar refractivity (Wildman–Crippen MR) is 95.8 cm³/mol. The summed E-state index contributed by atoms with van der Waals surface area (Å²) < 4.78 is 5.55. The van der Waals surface area contributed by atoms with Crippen LogP contribution < -0.4 is 15.4 Å². The van der Waals surface area contributed by atoms with Crippen molar-refractivity contribution < 1.29 is 9.53 Å². The standard InChI is InChI=1S/C17H18Cl2N2O2/c1-2-8-23-14-5-3-4-13(10-14)20-11-17(22)21-16-7-6-12(18)9-15(16)19/h3-7,9-10,20H,2,8,11H2,1H3,(H,21,22). The Morgan fingerprint density at radius 1 is 1.17 bits per heavy atom. The summed E-state index contributed by atoms with van der Waals surface area (Å²) in [5.41, 5.74) is 1.35. The molecule has 0 aromatic heterocycles. The Labute approximate surface area is 145 Å². The summed E-state index contributed by atoms with van der Waals surface area (Å²) in [4.78, 5) is 12.0. The normalized spacial score (nSPS) is 10.2. The summed E-state index contributed by atoms with van der Waals surface area (Å²) in [6, 6.07) is 12.4. The van der Waals surface area contributed by atoms with Gasteiger partial charge in [-0.05, 0) is 36.8 Å². The number of rotatable bonds is 7. The van der Waals surface area contributed by atoms with Crippen LogP contribution in [0.15, 0.2) is 42.5 Å². The third-order valence-electron chi connectivity index (χ3n) is 2.97. The second-order valence-electron chi connectivity index (χ2n) is 4.90. The average Bonchev–Trinajstić information content (AvgIpc) is 2.54. The first-order valence-corrected chi connectivity index (χ1v) is 8.05. The molecule has 0 aliphatic heterocycles. The third-order valence-corrected chi connectivity index (χ3v) is 3.51. The van der Waals surface area contributed by atoms with Gasteiger partial charge in [-0.15, -0.1) is 0 Å². The molecule has 0 radical (unpaired) electrons. The Kier molecular flexibility index (Phi) is 6.56. The van der Waals surface area contributed by atoms with Crippen LogP contribution in [-0.4, -0.2) is 19.1 Å². The Bertz CT molecular complexity index is 677. The van der Waals surface area contributed by atoms with E-state index in [4.69, 9.17) is 27.9 Å². The van der Waals surface area contributed by atoms with Crippen molar-refractivity contribution in [3.63, 3.8) is 0 Å². The molecule has 0 aliphatic carbocycles. The molecule has 0 unspecified atom stereocenters. The molecule has 0 bridgehead atoms. The minimum Gasteiger partial charge on any atom is -0.494 e. The second kappa shape index (κ2) is 8.65. The number of halogens is 2. The zero-order valence-corrected chi connectivity index (χ0v) is 14.2. The first-order chi connectivity index (χ1) is 11.1. The summed E-state index contributed by atoms with van der Waals surface area (Å²) in [5, 5.41) is 6.71. The molecule has 0 heterocycles. The van der Waals surface area contributed by atoms with Gasteiger partial charge in [-0.25, -0.2) is 0 Å². The van der Waals surface area contributed by atoms with Crippen LogP contribution in [0.5, 0.6) is 5.75 Å². The lowest BCUT2D eigenvalue weighted by molar-refractivity contribution is -0.114. The van der Waals surface area contributed by atoms with Crippen LogP contribution in [0.4, 0.5) is 11.4 Å². The van der Waals surface area contributed by atoms with Crippen molar-refractivity contribution in [1.82, 2.24) is 0 Å². The van der Waals surface area contributed by atoms with Crippen molar-refractivity contribution in [1.29, 1.82) is 0 Å². The molecule has 0 spiro atoms. The number of carbonyl (C=O) groups excluding carboxylic acids is 1. The van der Waals surface area contributed by atoms with E-state index < -0.39 is 0 Å². The number of amides is 1. The summed E-state index contributed by atoms with van der Waals surface area (Å²) in [6.07, 6.45) is 0.946. The van der Waals surface area contributed by atoms with E-state index in [1.54, 1.807) is 18.2 Å². The van der Waals surface area contributed by atoms with Crippen LogP contribution in [0.2, 0.25) is 10.0 Å². The van der Waals surface area contributed by atoms with Gasteiger partial charge in [0.25, 0.3) is 0 Å². The molecule has 2 N–H and O–H groups in total. The van der Waals surface area contributed by atoms with Gasteiger partial charge in [0.15, 0.2) is 0 Å². The molecule has 4 nitrogen and oxygen atoms in total. The van der Waals surface area contributed by atoms with Crippen molar-refractivity contribution in [3.05, 3.63) is 52.5 Å². The maximum absolute atomic E-state index is 12.0. The van der Waals surface area contributed by atoms with Crippen LogP contribution in [0.3, 0.4) is 0 Å². The minimum atomic E-state index is -0.200. The molecular formula is C17H18Cl2N2O2. The van der Waals surface area contributed by atoms with Crippen LogP contribution in [0, 0.1) is 0 Å². The summed E-state index contributed by atoms with van der Waals surface area (Å²) in [6.45, 7) is 2.84. The molecule has 6 heteroatoms. The largest absolute Gasteiger partial charge is 0.494 e. The molecule has 2 aromatic carbocycles. The summed E-state index contributed by atoms with van der Waals surface area (Å²) in [5.74, 6) is 0.576. The molecule has 2 rings (SSSR count). The van der Waals surface area contributed by atoms with E-state index in [0.717, 1.165) is 17.9 Å². The first-order valence-electron chi connectivity index (χ1n) is 7.30. The van der Waals surface area contributed by atoms with E-state index in [-0.39, 0.29) is 12.5 Å². The number of nitrogens with one attached hydrogen (secondary N) is 2. The number of carbonyl (C=O) groups is 1. The molecular weight excluding hydrogens is 335 g/mol. The highest BCUT2D eigenvalue weighted by Crippen LogP contribution is 2.25. The second-order valence-corrected chi connectivity index (χ2v) is 5.75. The molecule has 0 saturated carbocycles. The monoisotopic (exact) mass is 352 g/mol. The van der Waals surface area contributed by atoms with Gasteiger partial charge in [0.1, 0.15) is 5.75 Å². The topological polar surface area (TPSA) is 50.4 Å². The fraction of sp³-hybridized carbons (Fsp3) is 0.235. The molecule has 0 atom stereocenters. The fourth-order valence-electron chi connectivity index (χ4n) is 1.88. The highest BCUT2D eigenvalue weighted by molar-refractivity contribution is 6.36. The maximum atomic E-state index is 12.0. The van der Waals surface area contributed by atoms with Crippen LogP contribution in [-0.2, 0) is 4.79 Å². The first kappa shape index (κ1) is 17.4. The molecule has 23 heavy (non-hydrogen) atoms. The van der Waals surface area contributed by atoms with Crippen molar-refractivity contribution >= 4 is 40.5 Å².